The SMILES string of the molecule is CC(C)(C)n1nc(-c2[nH]c3ccccc3c2Br)c2c(N)ncnc21. The summed E-state index contributed by atoms with van der Waals surface area (Å²) in [6.45, 7) is 6.26. The number of fused-ring (bicyclic) bond motifs is 2. The molecule has 24 heavy (non-hydrogen) atoms. The molecule has 3 N–H and O–H groups in total. The summed E-state index contributed by atoms with van der Waals surface area (Å²) in [6.07, 6.45) is 1.48. The summed E-state index contributed by atoms with van der Waals surface area (Å²) in [5.41, 5.74) is 9.33. The van der Waals surface area contributed by atoms with E-state index in [0.717, 1.165) is 37.8 Å². The average Bonchev–Trinajstić information content (AvgIpc) is 3.07. The van der Waals surface area contributed by atoms with Crippen LogP contribution >= 0.6 is 15.9 Å². The van der Waals surface area contributed by atoms with Crippen molar-refractivity contribution in [2.24, 2.45) is 0 Å². The number of anilines is 1. The van der Waals surface area contributed by atoms with E-state index in [-0.39, 0.29) is 5.54 Å². The van der Waals surface area contributed by atoms with E-state index in [0.29, 0.717) is 5.82 Å². The van der Waals surface area contributed by atoms with Gasteiger partial charge in [0, 0.05) is 10.9 Å². The number of halogens is 1. The lowest BCUT2D eigenvalue weighted by Gasteiger charge is -2.19. The summed E-state index contributed by atoms with van der Waals surface area (Å²) >= 11 is 3.70. The molecule has 0 spiro atoms. The van der Waals surface area contributed by atoms with Crippen LogP contribution in [0.15, 0.2) is 35.1 Å². The van der Waals surface area contributed by atoms with Crippen molar-refractivity contribution in [3.8, 4) is 11.4 Å². The Morgan fingerprint density at radius 1 is 1.17 bits per heavy atom. The van der Waals surface area contributed by atoms with E-state index < -0.39 is 0 Å². The topological polar surface area (TPSA) is 85.4 Å². The normalized spacial score (nSPS) is 12.3. The molecule has 0 unspecified atom stereocenters. The van der Waals surface area contributed by atoms with E-state index >= 15 is 0 Å². The maximum absolute atomic E-state index is 6.16. The second kappa shape index (κ2) is 5.04. The molecule has 0 saturated carbocycles. The second-order valence-corrected chi connectivity index (χ2v) is 7.54. The number of aromatic nitrogens is 5. The van der Waals surface area contributed by atoms with Gasteiger partial charge in [-0.2, -0.15) is 5.10 Å². The van der Waals surface area contributed by atoms with E-state index in [9.17, 15) is 0 Å². The van der Waals surface area contributed by atoms with E-state index in [1.807, 2.05) is 22.9 Å². The molecule has 0 radical (unpaired) electrons. The third-order valence-corrected chi connectivity index (χ3v) is 4.83. The Hall–Kier alpha value is -2.41. The summed E-state index contributed by atoms with van der Waals surface area (Å²) in [5, 5.41) is 6.68. The largest absolute Gasteiger partial charge is 0.383 e. The lowest BCUT2D eigenvalue weighted by atomic mass is 10.1. The predicted molar refractivity (Wildman–Crippen MR) is 99.7 cm³/mol. The standard InChI is InChI=1S/C17H17BrN6/c1-17(2,3)24-16-11(15(19)20-8-21-16)13(23-24)14-12(18)9-6-4-5-7-10(9)22-14/h4-8,22H,1-3H3,(H2,19,20,21). The highest BCUT2D eigenvalue weighted by atomic mass is 79.9. The molecule has 3 heterocycles. The van der Waals surface area contributed by atoms with Gasteiger partial charge in [0.15, 0.2) is 5.65 Å². The molecule has 0 saturated heterocycles. The Kier molecular flexibility index (Phi) is 3.18. The van der Waals surface area contributed by atoms with Crippen LogP contribution < -0.4 is 5.73 Å². The van der Waals surface area contributed by atoms with Crippen molar-refractivity contribution in [1.29, 1.82) is 0 Å². The first-order valence-electron chi connectivity index (χ1n) is 7.64. The lowest BCUT2D eigenvalue weighted by molar-refractivity contribution is 0.366. The van der Waals surface area contributed by atoms with Gasteiger partial charge in [-0.1, -0.05) is 18.2 Å². The van der Waals surface area contributed by atoms with Crippen LogP contribution in [0.4, 0.5) is 5.82 Å². The molecule has 7 heteroatoms. The van der Waals surface area contributed by atoms with Gasteiger partial charge in [0.1, 0.15) is 17.8 Å². The molecule has 0 aliphatic heterocycles. The fraction of sp³-hybridized carbons (Fsp3) is 0.235. The number of H-pyrrole nitrogens is 1. The monoisotopic (exact) mass is 384 g/mol. The van der Waals surface area contributed by atoms with Crippen molar-refractivity contribution in [3.63, 3.8) is 0 Å². The van der Waals surface area contributed by atoms with Crippen LogP contribution in [0.25, 0.3) is 33.3 Å². The van der Waals surface area contributed by atoms with Gasteiger partial charge >= 0.3 is 0 Å². The fourth-order valence-electron chi connectivity index (χ4n) is 2.89. The Morgan fingerprint density at radius 3 is 2.62 bits per heavy atom. The molecular formula is C17H17BrN6. The zero-order valence-electron chi connectivity index (χ0n) is 13.6. The first-order chi connectivity index (χ1) is 11.4. The number of nitrogens with zero attached hydrogens (tertiary/aromatic N) is 4. The number of benzene rings is 1. The number of para-hydroxylation sites is 1. The Morgan fingerprint density at radius 2 is 1.92 bits per heavy atom. The van der Waals surface area contributed by atoms with E-state index in [1.54, 1.807) is 0 Å². The maximum Gasteiger partial charge on any atom is 0.164 e. The molecule has 0 bridgehead atoms. The van der Waals surface area contributed by atoms with E-state index in [4.69, 9.17) is 10.8 Å². The van der Waals surface area contributed by atoms with Crippen LogP contribution in [0.5, 0.6) is 0 Å². The summed E-state index contributed by atoms with van der Waals surface area (Å²) < 4.78 is 2.86. The quantitative estimate of drug-likeness (QED) is 0.517. The highest BCUT2D eigenvalue weighted by molar-refractivity contribution is 9.10. The minimum Gasteiger partial charge on any atom is -0.383 e. The molecule has 4 rings (SSSR count). The number of hydrogen-bond acceptors (Lipinski definition) is 4. The van der Waals surface area contributed by atoms with E-state index in [1.165, 1.54) is 6.33 Å². The first kappa shape index (κ1) is 15.1. The van der Waals surface area contributed by atoms with Crippen LogP contribution in [-0.4, -0.2) is 24.7 Å². The van der Waals surface area contributed by atoms with Crippen LogP contribution in [0.1, 0.15) is 20.8 Å². The number of rotatable bonds is 1. The first-order valence-corrected chi connectivity index (χ1v) is 8.43. The smallest absolute Gasteiger partial charge is 0.164 e. The second-order valence-electron chi connectivity index (χ2n) is 6.75. The minimum absolute atomic E-state index is 0.226. The Balaban J connectivity index is 2.11. The van der Waals surface area contributed by atoms with Crippen molar-refractivity contribution in [1.82, 2.24) is 24.7 Å². The zero-order valence-corrected chi connectivity index (χ0v) is 15.2. The van der Waals surface area contributed by atoms with Crippen molar-refractivity contribution in [3.05, 3.63) is 35.1 Å². The molecule has 122 valence electrons. The number of nitrogens with two attached hydrogens (primary N) is 1. The van der Waals surface area contributed by atoms with Gasteiger partial charge in [-0.15, -0.1) is 0 Å². The molecular weight excluding hydrogens is 368 g/mol. The van der Waals surface area contributed by atoms with Gasteiger partial charge < -0.3 is 10.7 Å². The average molecular weight is 385 g/mol. The molecule has 0 atom stereocenters. The van der Waals surface area contributed by atoms with Crippen molar-refractivity contribution < 1.29 is 0 Å². The van der Waals surface area contributed by atoms with Crippen molar-refractivity contribution in [2.75, 3.05) is 5.73 Å². The van der Waals surface area contributed by atoms with Gasteiger partial charge in [0.25, 0.3) is 0 Å². The van der Waals surface area contributed by atoms with Gasteiger partial charge in [-0.25, -0.2) is 14.6 Å². The van der Waals surface area contributed by atoms with E-state index in [2.05, 4.69) is 57.7 Å². The van der Waals surface area contributed by atoms with Crippen molar-refractivity contribution >= 4 is 43.7 Å². The summed E-state index contributed by atoms with van der Waals surface area (Å²) in [5.74, 6) is 0.427. The Labute approximate surface area is 147 Å². The molecule has 4 aromatic rings. The maximum atomic E-state index is 6.16. The Bertz CT molecular complexity index is 1070. The van der Waals surface area contributed by atoms with Gasteiger partial charge in [0.05, 0.1) is 21.1 Å². The summed E-state index contributed by atoms with van der Waals surface area (Å²) in [7, 11) is 0. The van der Waals surface area contributed by atoms with Crippen LogP contribution in [-0.2, 0) is 5.54 Å². The van der Waals surface area contributed by atoms with Crippen molar-refractivity contribution in [2.45, 2.75) is 26.3 Å². The number of nitrogens with one attached hydrogen (secondary N) is 1. The molecule has 1 aromatic carbocycles. The molecule has 0 aliphatic rings. The summed E-state index contributed by atoms with van der Waals surface area (Å²) in [6, 6.07) is 8.10. The molecule has 6 nitrogen and oxygen atoms in total. The predicted octanol–water partition coefficient (Wildman–Crippen LogP) is 4.07. The number of hydrogen-bond donors (Lipinski definition) is 2. The highest BCUT2D eigenvalue weighted by Gasteiger charge is 2.26. The highest BCUT2D eigenvalue weighted by Crippen LogP contribution is 2.39. The lowest BCUT2D eigenvalue weighted by Crippen LogP contribution is -2.23. The zero-order chi connectivity index (χ0) is 17.1. The van der Waals surface area contributed by atoms with Crippen LogP contribution in [0, 0.1) is 0 Å². The number of nitrogen functional groups attached to an aromatic ring is 1. The molecule has 0 amide bonds. The van der Waals surface area contributed by atoms with Crippen LogP contribution in [0.3, 0.4) is 0 Å². The van der Waals surface area contributed by atoms with Crippen LogP contribution in [0.2, 0.25) is 0 Å². The van der Waals surface area contributed by atoms with Gasteiger partial charge in [0.2, 0.25) is 0 Å². The molecule has 3 aromatic heterocycles. The molecule has 0 aliphatic carbocycles. The fourth-order valence-corrected chi connectivity index (χ4v) is 3.52. The van der Waals surface area contributed by atoms with Gasteiger partial charge in [-0.05, 0) is 42.8 Å². The summed E-state index contributed by atoms with van der Waals surface area (Å²) in [4.78, 5) is 12.0. The van der Waals surface area contributed by atoms with Gasteiger partial charge in [-0.3, -0.25) is 0 Å². The molecule has 0 fully saturated rings. The third-order valence-electron chi connectivity index (χ3n) is 4.01. The number of aromatic amines is 1. The third kappa shape index (κ3) is 2.11. The minimum atomic E-state index is -0.226.